The lowest BCUT2D eigenvalue weighted by Crippen LogP contribution is -2.23. The van der Waals surface area contributed by atoms with E-state index in [1.807, 2.05) is 0 Å². The van der Waals surface area contributed by atoms with Gasteiger partial charge in [0.05, 0.1) is 5.75 Å². The van der Waals surface area contributed by atoms with Crippen molar-refractivity contribution < 1.29 is 21.6 Å². The summed E-state index contributed by atoms with van der Waals surface area (Å²) in [4.78, 5) is 6.17. The SMILES string of the molecule is NS(=O)(=O)CCNc1cc(Cl)nc(C(F)(F)F)n1. The Morgan fingerprint density at radius 2 is 2.00 bits per heavy atom. The molecule has 0 amide bonds. The molecule has 0 aliphatic carbocycles. The van der Waals surface area contributed by atoms with Gasteiger partial charge in [0.2, 0.25) is 15.8 Å². The maximum atomic E-state index is 12.3. The van der Waals surface area contributed by atoms with Crippen molar-refractivity contribution in [1.82, 2.24) is 9.97 Å². The maximum absolute atomic E-state index is 12.3. The number of primary sulfonamides is 1. The van der Waals surface area contributed by atoms with Crippen LogP contribution in [0.3, 0.4) is 0 Å². The Labute approximate surface area is 105 Å². The third-order valence-corrected chi connectivity index (χ3v) is 2.61. The number of rotatable bonds is 4. The molecule has 0 fully saturated rings. The van der Waals surface area contributed by atoms with Crippen LogP contribution in [0.15, 0.2) is 6.07 Å². The van der Waals surface area contributed by atoms with E-state index in [-0.39, 0.29) is 12.4 Å². The van der Waals surface area contributed by atoms with E-state index in [0.29, 0.717) is 0 Å². The lowest BCUT2D eigenvalue weighted by Gasteiger charge is -2.09. The van der Waals surface area contributed by atoms with Crippen LogP contribution in [0.4, 0.5) is 19.0 Å². The van der Waals surface area contributed by atoms with Gasteiger partial charge in [0.25, 0.3) is 0 Å². The van der Waals surface area contributed by atoms with Crippen LogP contribution in [0.2, 0.25) is 5.15 Å². The number of hydrogen-bond acceptors (Lipinski definition) is 5. The second kappa shape index (κ2) is 5.24. The molecular formula is C7H8ClF3N4O2S. The second-order valence-electron chi connectivity index (χ2n) is 3.19. The lowest BCUT2D eigenvalue weighted by atomic mass is 10.5. The second-order valence-corrected chi connectivity index (χ2v) is 5.31. The summed E-state index contributed by atoms with van der Waals surface area (Å²) in [6.07, 6.45) is -4.73. The summed E-state index contributed by atoms with van der Waals surface area (Å²) in [7, 11) is -3.70. The van der Waals surface area contributed by atoms with Crippen LogP contribution in [-0.4, -0.2) is 30.7 Å². The topological polar surface area (TPSA) is 98.0 Å². The van der Waals surface area contributed by atoms with E-state index in [0.717, 1.165) is 6.07 Å². The van der Waals surface area contributed by atoms with Crippen LogP contribution >= 0.6 is 11.6 Å². The van der Waals surface area contributed by atoms with Gasteiger partial charge in [-0.2, -0.15) is 13.2 Å². The molecule has 6 nitrogen and oxygen atoms in total. The van der Waals surface area contributed by atoms with Crippen molar-refractivity contribution in [3.63, 3.8) is 0 Å². The molecule has 0 saturated heterocycles. The first-order chi connectivity index (χ1) is 8.08. The van der Waals surface area contributed by atoms with Crippen LogP contribution in [0, 0.1) is 0 Å². The Kier molecular flexibility index (Phi) is 4.35. The molecule has 0 saturated carbocycles. The zero-order chi connectivity index (χ0) is 14.0. The minimum absolute atomic E-state index is 0.191. The van der Waals surface area contributed by atoms with Gasteiger partial charge in [0, 0.05) is 12.6 Å². The van der Waals surface area contributed by atoms with E-state index >= 15 is 0 Å². The Hall–Kier alpha value is -1.13. The maximum Gasteiger partial charge on any atom is 0.451 e. The van der Waals surface area contributed by atoms with E-state index in [2.05, 4.69) is 15.3 Å². The third kappa shape index (κ3) is 5.02. The van der Waals surface area contributed by atoms with E-state index in [4.69, 9.17) is 16.7 Å². The van der Waals surface area contributed by atoms with Crippen LogP contribution in [-0.2, 0) is 16.2 Å². The van der Waals surface area contributed by atoms with Crippen LogP contribution in [0.5, 0.6) is 0 Å². The monoisotopic (exact) mass is 304 g/mol. The summed E-state index contributed by atoms with van der Waals surface area (Å²) in [6, 6.07) is 1.04. The molecule has 18 heavy (non-hydrogen) atoms. The molecule has 0 radical (unpaired) electrons. The molecule has 102 valence electrons. The molecule has 0 aliphatic heterocycles. The smallest absolute Gasteiger partial charge is 0.369 e. The number of nitrogens with zero attached hydrogens (tertiary/aromatic N) is 2. The van der Waals surface area contributed by atoms with Gasteiger partial charge < -0.3 is 5.32 Å². The van der Waals surface area contributed by atoms with Gasteiger partial charge in [-0.3, -0.25) is 0 Å². The zero-order valence-corrected chi connectivity index (χ0v) is 10.3. The molecule has 0 aliphatic rings. The standard InChI is InChI=1S/C7H8ClF3N4O2S/c8-4-3-5(13-1-2-18(12,16)17)15-6(14-4)7(9,10)11/h3H,1-2H2,(H2,12,16,17)(H,13,14,15). The highest BCUT2D eigenvalue weighted by Crippen LogP contribution is 2.28. The highest BCUT2D eigenvalue weighted by Gasteiger charge is 2.35. The summed E-state index contributed by atoms with van der Waals surface area (Å²) >= 11 is 5.39. The number of nitrogens with two attached hydrogens (primary N) is 1. The first kappa shape index (κ1) is 14.9. The van der Waals surface area contributed by atoms with E-state index in [1.165, 1.54) is 0 Å². The van der Waals surface area contributed by atoms with Crippen molar-refractivity contribution in [1.29, 1.82) is 0 Å². The fourth-order valence-electron chi connectivity index (χ4n) is 0.956. The summed E-state index contributed by atoms with van der Waals surface area (Å²) in [6.45, 7) is -0.191. The van der Waals surface area contributed by atoms with Crippen molar-refractivity contribution >= 4 is 27.4 Å². The third-order valence-electron chi connectivity index (χ3n) is 1.64. The molecule has 3 N–H and O–H groups in total. The molecule has 1 rings (SSSR count). The van der Waals surface area contributed by atoms with Crippen LogP contribution in [0.25, 0.3) is 0 Å². The summed E-state index contributed by atoms with van der Waals surface area (Å²) in [5, 5.41) is 6.67. The first-order valence-corrected chi connectivity index (χ1v) is 6.53. The number of aromatic nitrogens is 2. The molecule has 0 unspecified atom stereocenters. The van der Waals surface area contributed by atoms with Gasteiger partial charge in [-0.15, -0.1) is 0 Å². The summed E-state index contributed by atoms with van der Waals surface area (Å²) < 4.78 is 58.2. The number of nitrogens with one attached hydrogen (secondary N) is 1. The van der Waals surface area contributed by atoms with Crippen LogP contribution < -0.4 is 10.5 Å². The summed E-state index contributed by atoms with van der Waals surface area (Å²) in [5.41, 5.74) is 0. The number of alkyl halides is 3. The molecule has 11 heteroatoms. The fourth-order valence-corrected chi connectivity index (χ4v) is 1.53. The lowest BCUT2D eigenvalue weighted by molar-refractivity contribution is -0.144. The zero-order valence-electron chi connectivity index (χ0n) is 8.70. The highest BCUT2D eigenvalue weighted by molar-refractivity contribution is 7.89. The number of sulfonamides is 1. The Morgan fingerprint density at radius 1 is 1.39 bits per heavy atom. The number of anilines is 1. The van der Waals surface area contributed by atoms with Crippen molar-refractivity contribution in [2.75, 3.05) is 17.6 Å². The van der Waals surface area contributed by atoms with Gasteiger partial charge in [0.15, 0.2) is 0 Å². The molecule has 0 spiro atoms. The van der Waals surface area contributed by atoms with Gasteiger partial charge >= 0.3 is 6.18 Å². The molecule has 0 atom stereocenters. The molecule has 0 bridgehead atoms. The summed E-state index contributed by atoms with van der Waals surface area (Å²) in [5.74, 6) is -2.09. The molecule has 1 aromatic rings. The number of hydrogen-bond donors (Lipinski definition) is 2. The average Bonchev–Trinajstić information content (AvgIpc) is 2.13. The highest BCUT2D eigenvalue weighted by atomic mass is 35.5. The average molecular weight is 305 g/mol. The van der Waals surface area contributed by atoms with Crippen molar-refractivity contribution in [3.05, 3.63) is 17.0 Å². The minimum Gasteiger partial charge on any atom is -0.369 e. The van der Waals surface area contributed by atoms with Gasteiger partial charge in [-0.1, -0.05) is 11.6 Å². The Balaban J connectivity index is 2.81. The molecule has 1 aromatic heterocycles. The van der Waals surface area contributed by atoms with E-state index in [1.54, 1.807) is 0 Å². The van der Waals surface area contributed by atoms with Gasteiger partial charge in [-0.05, 0) is 0 Å². The van der Waals surface area contributed by atoms with Crippen molar-refractivity contribution in [2.45, 2.75) is 6.18 Å². The van der Waals surface area contributed by atoms with Gasteiger partial charge in [0.1, 0.15) is 11.0 Å². The number of halogens is 4. The molecule has 0 aromatic carbocycles. The van der Waals surface area contributed by atoms with Crippen molar-refractivity contribution in [3.8, 4) is 0 Å². The molecular weight excluding hydrogens is 297 g/mol. The fraction of sp³-hybridized carbons (Fsp3) is 0.429. The predicted molar refractivity (Wildman–Crippen MR) is 58.5 cm³/mol. The normalized spacial score (nSPS) is 12.5. The van der Waals surface area contributed by atoms with Gasteiger partial charge in [-0.25, -0.2) is 23.5 Å². The largest absolute Gasteiger partial charge is 0.451 e. The quantitative estimate of drug-likeness (QED) is 0.804. The van der Waals surface area contributed by atoms with E-state index < -0.39 is 32.9 Å². The first-order valence-electron chi connectivity index (χ1n) is 4.44. The van der Waals surface area contributed by atoms with Crippen molar-refractivity contribution in [2.24, 2.45) is 5.14 Å². The minimum atomic E-state index is -4.73. The van der Waals surface area contributed by atoms with Crippen LogP contribution in [0.1, 0.15) is 5.82 Å². The predicted octanol–water partition coefficient (Wildman–Crippen LogP) is 0.849. The Bertz CT molecular complexity index is 534. The van der Waals surface area contributed by atoms with E-state index in [9.17, 15) is 21.6 Å². The Morgan fingerprint density at radius 3 is 2.50 bits per heavy atom. The molecule has 1 heterocycles.